The normalized spacial score (nSPS) is 17.0. The average molecular weight is 253 g/mol. The summed E-state index contributed by atoms with van der Waals surface area (Å²) in [5.74, 6) is 0. The second-order valence-electron chi connectivity index (χ2n) is 3.23. The van der Waals surface area contributed by atoms with Crippen molar-refractivity contribution in [3.05, 3.63) is 30.3 Å². The molecule has 0 bridgehead atoms. The van der Waals surface area contributed by atoms with Crippen molar-refractivity contribution in [1.82, 2.24) is 0 Å². The van der Waals surface area contributed by atoms with Gasteiger partial charge in [-0.25, -0.2) is 0 Å². The van der Waals surface area contributed by atoms with Crippen LogP contribution in [-0.2, 0) is 0 Å². The van der Waals surface area contributed by atoms with Gasteiger partial charge in [0.15, 0.2) is 0 Å². The molecule has 1 heterocycles. The van der Waals surface area contributed by atoms with Crippen LogP contribution >= 0.6 is 0 Å². The average Bonchev–Trinajstić information content (AvgIpc) is 2.48. The predicted octanol–water partition coefficient (Wildman–Crippen LogP) is 2.37. The van der Waals surface area contributed by atoms with E-state index in [0.717, 1.165) is 12.2 Å². The number of hydrogen-bond acceptors (Lipinski definition) is 2. The fourth-order valence-electron chi connectivity index (χ4n) is 1.33. The summed E-state index contributed by atoms with van der Waals surface area (Å²) in [5.41, 5.74) is 1.16. The van der Waals surface area contributed by atoms with Crippen molar-refractivity contribution in [2.75, 3.05) is 11.9 Å². The van der Waals surface area contributed by atoms with Crippen molar-refractivity contribution in [1.29, 1.82) is 0 Å². The number of aliphatic imine (C=N–C) groups is 1. The van der Waals surface area contributed by atoms with Gasteiger partial charge in [0, 0.05) is 0 Å². The van der Waals surface area contributed by atoms with Crippen molar-refractivity contribution in [3.8, 4) is 0 Å². The van der Waals surface area contributed by atoms with E-state index in [4.69, 9.17) is 0 Å². The van der Waals surface area contributed by atoms with Gasteiger partial charge in [-0.05, 0) is 0 Å². The Bertz CT molecular complexity index is 308. The molecule has 0 saturated carbocycles. The monoisotopic (exact) mass is 254 g/mol. The third kappa shape index (κ3) is 2.86. The molecule has 1 N–H and O–H groups in total. The van der Waals surface area contributed by atoms with Gasteiger partial charge in [-0.1, -0.05) is 0 Å². The molecule has 0 aromatic heterocycles. The number of para-hydroxylation sites is 1. The molecule has 1 aliphatic rings. The molecule has 0 unspecified atom stereocenters. The second kappa shape index (κ2) is 5.18. The first kappa shape index (κ1) is 9.75. The summed E-state index contributed by atoms with van der Waals surface area (Å²) in [5, 5.41) is 4.72. The van der Waals surface area contributed by atoms with Crippen LogP contribution in [0.1, 0.15) is 12.8 Å². The molecule has 0 saturated heterocycles. The number of hydrogen-bond donors (Lipinski definition) is 1. The Hall–Kier alpha value is -0.791. The van der Waals surface area contributed by atoms with E-state index >= 15 is 0 Å². The molecule has 0 atom stereocenters. The first-order chi connectivity index (χ1) is 6.95. The molecule has 74 valence electrons. The van der Waals surface area contributed by atoms with E-state index in [0.29, 0.717) is 15.0 Å². The van der Waals surface area contributed by atoms with Crippen LogP contribution in [0.15, 0.2) is 35.3 Å². The van der Waals surface area contributed by atoms with Crippen LogP contribution in [0.5, 0.6) is 0 Å². The van der Waals surface area contributed by atoms with E-state index in [9.17, 15) is 0 Å². The minimum atomic E-state index is 0.548. The van der Waals surface area contributed by atoms with Gasteiger partial charge in [0.1, 0.15) is 0 Å². The van der Waals surface area contributed by atoms with Gasteiger partial charge in [-0.15, -0.1) is 0 Å². The number of rotatable bonds is 1. The fraction of sp³-hybridized carbons (Fsp3) is 0.364. The van der Waals surface area contributed by atoms with Crippen molar-refractivity contribution in [2.24, 2.45) is 4.99 Å². The van der Waals surface area contributed by atoms with Gasteiger partial charge < -0.3 is 0 Å². The summed E-state index contributed by atoms with van der Waals surface area (Å²) < 4.78 is 1.21. The van der Waals surface area contributed by atoms with E-state index in [1.807, 2.05) is 18.2 Å². The molecule has 1 aromatic carbocycles. The summed E-state index contributed by atoms with van der Waals surface area (Å²) in [6, 6.07) is 10.3. The second-order valence-corrected chi connectivity index (χ2v) is 5.51. The topological polar surface area (TPSA) is 24.4 Å². The number of benzene rings is 1. The molecular formula is C11H14N2Se. The summed E-state index contributed by atoms with van der Waals surface area (Å²) >= 11 is 0.548. The Balaban J connectivity index is 1.99. The standard InChI is InChI=1S/C11H14N2Se/c1-2-6-10(7-3-1)13-11-12-8-4-5-9-14-11/h1-3,6-7H,4-5,8-9H2,(H,12,13). The van der Waals surface area contributed by atoms with Crippen molar-refractivity contribution in [2.45, 2.75) is 18.2 Å². The number of nitrogens with one attached hydrogen (secondary N) is 1. The van der Waals surface area contributed by atoms with Crippen LogP contribution in [0.3, 0.4) is 0 Å². The Labute approximate surface area is 91.0 Å². The molecule has 0 aliphatic carbocycles. The van der Waals surface area contributed by atoms with Crippen LogP contribution in [0.4, 0.5) is 5.69 Å². The van der Waals surface area contributed by atoms with Crippen LogP contribution in [-0.4, -0.2) is 26.2 Å². The summed E-state index contributed by atoms with van der Waals surface area (Å²) in [4.78, 5) is 4.55. The van der Waals surface area contributed by atoms with Gasteiger partial charge in [0.2, 0.25) is 0 Å². The molecule has 14 heavy (non-hydrogen) atoms. The van der Waals surface area contributed by atoms with Crippen LogP contribution in [0.25, 0.3) is 0 Å². The summed E-state index contributed by atoms with van der Waals surface area (Å²) in [6.07, 6.45) is 2.59. The van der Waals surface area contributed by atoms with E-state index in [-0.39, 0.29) is 0 Å². The molecule has 0 fully saturated rings. The third-order valence-electron chi connectivity index (χ3n) is 2.07. The third-order valence-corrected chi connectivity index (χ3v) is 4.16. The quantitative estimate of drug-likeness (QED) is 0.763. The Morgan fingerprint density at radius 1 is 1.14 bits per heavy atom. The molecule has 1 aromatic rings. The zero-order chi connectivity index (χ0) is 9.64. The Kier molecular flexibility index (Phi) is 3.61. The molecule has 2 rings (SSSR count). The zero-order valence-electron chi connectivity index (χ0n) is 8.07. The fourth-order valence-corrected chi connectivity index (χ4v) is 3.25. The van der Waals surface area contributed by atoms with E-state index < -0.39 is 0 Å². The Morgan fingerprint density at radius 3 is 2.86 bits per heavy atom. The zero-order valence-corrected chi connectivity index (χ0v) is 9.78. The van der Waals surface area contributed by atoms with Crippen molar-refractivity contribution < 1.29 is 0 Å². The van der Waals surface area contributed by atoms with E-state index in [1.54, 1.807) is 0 Å². The maximum absolute atomic E-state index is 4.55. The Morgan fingerprint density at radius 2 is 2.00 bits per heavy atom. The minimum absolute atomic E-state index is 0.548. The number of anilines is 1. The first-order valence-electron chi connectivity index (χ1n) is 4.94. The summed E-state index contributed by atoms with van der Waals surface area (Å²) in [7, 11) is 0. The predicted molar refractivity (Wildman–Crippen MR) is 62.2 cm³/mol. The van der Waals surface area contributed by atoms with Crippen molar-refractivity contribution >= 4 is 25.4 Å². The molecule has 3 heteroatoms. The van der Waals surface area contributed by atoms with Gasteiger partial charge in [0.05, 0.1) is 0 Å². The van der Waals surface area contributed by atoms with E-state index in [2.05, 4.69) is 22.4 Å². The van der Waals surface area contributed by atoms with Crippen LogP contribution in [0, 0.1) is 0 Å². The number of nitrogens with zero attached hydrogens (tertiary/aromatic N) is 1. The number of amidine groups is 1. The SMILES string of the molecule is c1ccc(NC2=NCCCC[Se]2)cc1. The van der Waals surface area contributed by atoms with Crippen LogP contribution in [0.2, 0.25) is 5.32 Å². The van der Waals surface area contributed by atoms with Gasteiger partial charge in [0.25, 0.3) is 0 Å². The van der Waals surface area contributed by atoms with Gasteiger partial charge in [-0.2, -0.15) is 0 Å². The molecule has 0 spiro atoms. The molecule has 1 aliphatic heterocycles. The van der Waals surface area contributed by atoms with Gasteiger partial charge in [-0.3, -0.25) is 0 Å². The molecule has 0 radical (unpaired) electrons. The van der Waals surface area contributed by atoms with Gasteiger partial charge >= 0.3 is 90.7 Å². The first-order valence-corrected chi connectivity index (χ1v) is 7.01. The van der Waals surface area contributed by atoms with E-state index in [1.165, 1.54) is 22.9 Å². The van der Waals surface area contributed by atoms with Crippen molar-refractivity contribution in [3.63, 3.8) is 0 Å². The maximum atomic E-state index is 4.55. The molecule has 0 amide bonds. The van der Waals surface area contributed by atoms with Crippen LogP contribution < -0.4 is 5.32 Å². The summed E-state index contributed by atoms with van der Waals surface area (Å²) in [6.45, 7) is 0.997. The molecule has 2 nitrogen and oxygen atoms in total. The molecular weight excluding hydrogens is 239 g/mol.